The molecule has 1 saturated carbocycles. The van der Waals surface area contributed by atoms with Gasteiger partial charge in [0.15, 0.2) is 0 Å². The standard InChI is InChI=1S/C19H27N3O2/c1-14(12-19(23)22(2)3)21-16-8-10-17(11-9-16)24-18-7-5-4-6-15(18)13-20/h4-7,14,16-17,21H,8-12H2,1-3H3/t14-,16?,17?/m0/s1. The smallest absolute Gasteiger partial charge is 0.223 e. The van der Waals surface area contributed by atoms with E-state index in [0.717, 1.165) is 25.7 Å². The number of hydrogen-bond donors (Lipinski definition) is 1. The van der Waals surface area contributed by atoms with Crippen molar-refractivity contribution >= 4 is 5.91 Å². The number of ether oxygens (including phenoxy) is 1. The van der Waals surface area contributed by atoms with E-state index in [1.165, 1.54) is 0 Å². The second-order valence-electron chi connectivity index (χ2n) is 6.76. The van der Waals surface area contributed by atoms with Crippen molar-refractivity contribution in [3.05, 3.63) is 29.8 Å². The van der Waals surface area contributed by atoms with E-state index in [1.54, 1.807) is 25.1 Å². The average molecular weight is 329 g/mol. The largest absolute Gasteiger partial charge is 0.489 e. The molecule has 0 bridgehead atoms. The first-order valence-corrected chi connectivity index (χ1v) is 8.61. The summed E-state index contributed by atoms with van der Waals surface area (Å²) in [7, 11) is 3.58. The molecule has 0 aliphatic heterocycles. The van der Waals surface area contributed by atoms with Crippen molar-refractivity contribution in [2.24, 2.45) is 0 Å². The van der Waals surface area contributed by atoms with Crippen LogP contribution in [0.4, 0.5) is 0 Å². The van der Waals surface area contributed by atoms with Gasteiger partial charge in [0.05, 0.1) is 11.7 Å². The van der Waals surface area contributed by atoms with Crippen LogP contribution in [0.15, 0.2) is 24.3 Å². The first-order chi connectivity index (χ1) is 11.5. The predicted octanol–water partition coefficient (Wildman–Crippen LogP) is 2.70. The van der Waals surface area contributed by atoms with E-state index in [2.05, 4.69) is 18.3 Å². The van der Waals surface area contributed by atoms with Gasteiger partial charge in [-0.25, -0.2) is 0 Å². The van der Waals surface area contributed by atoms with Gasteiger partial charge in [-0.3, -0.25) is 4.79 Å². The Morgan fingerprint density at radius 1 is 1.33 bits per heavy atom. The molecule has 0 unspecified atom stereocenters. The molecule has 24 heavy (non-hydrogen) atoms. The highest BCUT2D eigenvalue weighted by Gasteiger charge is 2.24. The van der Waals surface area contributed by atoms with Gasteiger partial charge in [-0.1, -0.05) is 12.1 Å². The van der Waals surface area contributed by atoms with E-state index < -0.39 is 0 Å². The number of nitrogens with zero attached hydrogens (tertiary/aromatic N) is 2. The van der Waals surface area contributed by atoms with E-state index in [9.17, 15) is 4.79 Å². The lowest BCUT2D eigenvalue weighted by molar-refractivity contribution is -0.129. The SMILES string of the molecule is C[C@@H](CC(=O)N(C)C)NC1CCC(Oc2ccccc2C#N)CC1. The van der Waals surface area contributed by atoms with E-state index in [0.29, 0.717) is 23.8 Å². The number of nitrogens with one attached hydrogen (secondary N) is 1. The molecule has 1 aliphatic carbocycles. The van der Waals surface area contributed by atoms with E-state index in [1.807, 2.05) is 18.2 Å². The van der Waals surface area contributed by atoms with Gasteiger partial charge in [0.2, 0.25) is 5.91 Å². The maximum Gasteiger partial charge on any atom is 0.223 e. The first-order valence-electron chi connectivity index (χ1n) is 8.61. The van der Waals surface area contributed by atoms with Crippen molar-refractivity contribution in [2.75, 3.05) is 14.1 Å². The highest BCUT2D eigenvalue weighted by atomic mass is 16.5. The molecular weight excluding hydrogens is 302 g/mol. The molecule has 5 heteroatoms. The van der Waals surface area contributed by atoms with Crippen molar-refractivity contribution in [1.82, 2.24) is 10.2 Å². The Bertz CT molecular complexity index is 587. The molecule has 1 atom stereocenters. The number of amides is 1. The zero-order valence-electron chi connectivity index (χ0n) is 14.8. The van der Waals surface area contributed by atoms with Crippen molar-refractivity contribution in [2.45, 2.75) is 57.2 Å². The molecule has 0 heterocycles. The molecule has 0 radical (unpaired) electrons. The first kappa shape index (κ1) is 18.3. The van der Waals surface area contributed by atoms with Crippen molar-refractivity contribution in [1.29, 1.82) is 5.26 Å². The maximum absolute atomic E-state index is 11.8. The fraction of sp³-hybridized carbons (Fsp3) is 0.579. The van der Waals surface area contributed by atoms with Crippen LogP contribution in [0.1, 0.15) is 44.6 Å². The average Bonchev–Trinajstić information content (AvgIpc) is 2.57. The third-order valence-electron chi connectivity index (χ3n) is 4.48. The normalized spacial score (nSPS) is 21.6. The van der Waals surface area contributed by atoms with Crippen molar-refractivity contribution < 1.29 is 9.53 Å². The lowest BCUT2D eigenvalue weighted by atomic mass is 9.92. The minimum absolute atomic E-state index is 0.153. The lowest BCUT2D eigenvalue weighted by Gasteiger charge is -2.31. The highest BCUT2D eigenvalue weighted by Crippen LogP contribution is 2.26. The van der Waals surface area contributed by atoms with Gasteiger partial charge >= 0.3 is 0 Å². The number of carbonyl (C=O) groups is 1. The number of carbonyl (C=O) groups excluding carboxylic acids is 1. The molecule has 0 spiro atoms. The van der Waals surface area contributed by atoms with Crippen LogP contribution >= 0.6 is 0 Å². The zero-order chi connectivity index (χ0) is 17.5. The van der Waals surface area contributed by atoms with Crippen LogP contribution in [0, 0.1) is 11.3 Å². The number of para-hydroxylation sites is 1. The third kappa shape index (κ3) is 5.24. The Labute approximate surface area is 144 Å². The molecule has 1 N–H and O–H groups in total. The fourth-order valence-electron chi connectivity index (χ4n) is 3.09. The zero-order valence-corrected chi connectivity index (χ0v) is 14.8. The van der Waals surface area contributed by atoms with E-state index >= 15 is 0 Å². The van der Waals surface area contributed by atoms with Crippen LogP contribution < -0.4 is 10.1 Å². The molecule has 1 aromatic carbocycles. The van der Waals surface area contributed by atoms with Gasteiger partial charge in [-0.05, 0) is 44.7 Å². The van der Waals surface area contributed by atoms with Gasteiger partial charge < -0.3 is 15.0 Å². The number of benzene rings is 1. The maximum atomic E-state index is 11.8. The molecule has 2 rings (SSSR count). The van der Waals surface area contributed by atoms with Crippen molar-refractivity contribution in [3.63, 3.8) is 0 Å². The molecule has 1 aliphatic rings. The van der Waals surface area contributed by atoms with Crippen LogP contribution in [0.25, 0.3) is 0 Å². The Balaban J connectivity index is 1.77. The minimum Gasteiger partial charge on any atom is -0.489 e. The number of rotatable bonds is 6. The summed E-state index contributed by atoms with van der Waals surface area (Å²) in [5.74, 6) is 0.835. The van der Waals surface area contributed by atoms with Crippen LogP contribution in [-0.4, -0.2) is 43.1 Å². The second kappa shape index (κ2) is 8.70. The van der Waals surface area contributed by atoms with Gasteiger partial charge in [0.1, 0.15) is 11.8 Å². The summed E-state index contributed by atoms with van der Waals surface area (Å²) in [6.45, 7) is 2.06. The Morgan fingerprint density at radius 2 is 2.00 bits per heavy atom. The number of hydrogen-bond acceptors (Lipinski definition) is 4. The summed E-state index contributed by atoms with van der Waals surface area (Å²) < 4.78 is 6.02. The molecule has 1 aromatic rings. The summed E-state index contributed by atoms with van der Waals surface area (Å²) in [5.41, 5.74) is 0.591. The van der Waals surface area contributed by atoms with Gasteiger partial charge in [-0.2, -0.15) is 5.26 Å². The van der Waals surface area contributed by atoms with E-state index in [4.69, 9.17) is 10.00 Å². The number of nitriles is 1. The molecule has 1 amide bonds. The van der Waals surface area contributed by atoms with E-state index in [-0.39, 0.29) is 18.1 Å². The molecule has 0 aromatic heterocycles. The van der Waals surface area contributed by atoms with Crippen LogP contribution in [0.5, 0.6) is 5.75 Å². The van der Waals surface area contributed by atoms with Crippen LogP contribution in [0.3, 0.4) is 0 Å². The summed E-state index contributed by atoms with van der Waals surface area (Å²) >= 11 is 0. The Morgan fingerprint density at radius 3 is 2.62 bits per heavy atom. The summed E-state index contributed by atoms with van der Waals surface area (Å²) in [4.78, 5) is 13.4. The Kier molecular flexibility index (Phi) is 6.62. The Hall–Kier alpha value is -2.06. The summed E-state index contributed by atoms with van der Waals surface area (Å²) in [6.07, 6.45) is 4.67. The predicted molar refractivity (Wildman–Crippen MR) is 93.7 cm³/mol. The minimum atomic E-state index is 0.153. The van der Waals surface area contributed by atoms with Gasteiger partial charge in [0, 0.05) is 32.6 Å². The summed E-state index contributed by atoms with van der Waals surface area (Å²) in [6, 6.07) is 10.2. The van der Waals surface area contributed by atoms with Gasteiger partial charge in [0.25, 0.3) is 0 Å². The molecule has 0 saturated heterocycles. The topological polar surface area (TPSA) is 65.4 Å². The third-order valence-corrected chi connectivity index (χ3v) is 4.48. The van der Waals surface area contributed by atoms with Gasteiger partial charge in [-0.15, -0.1) is 0 Å². The monoisotopic (exact) mass is 329 g/mol. The molecule has 1 fully saturated rings. The highest BCUT2D eigenvalue weighted by molar-refractivity contribution is 5.76. The second-order valence-corrected chi connectivity index (χ2v) is 6.76. The fourth-order valence-corrected chi connectivity index (χ4v) is 3.09. The van der Waals surface area contributed by atoms with Crippen molar-refractivity contribution in [3.8, 4) is 11.8 Å². The molecule has 130 valence electrons. The molecule has 5 nitrogen and oxygen atoms in total. The van der Waals surface area contributed by atoms with Crippen LogP contribution in [-0.2, 0) is 4.79 Å². The quantitative estimate of drug-likeness (QED) is 0.871. The lowest BCUT2D eigenvalue weighted by Crippen LogP contribution is -2.42. The molecular formula is C19H27N3O2. The van der Waals surface area contributed by atoms with Crippen LogP contribution in [0.2, 0.25) is 0 Å². The summed E-state index contributed by atoms with van der Waals surface area (Å²) in [5, 5.41) is 12.7.